The van der Waals surface area contributed by atoms with Crippen LogP contribution in [0.1, 0.15) is 77.6 Å². The van der Waals surface area contributed by atoms with Crippen molar-refractivity contribution in [3.63, 3.8) is 0 Å². The number of nitrogens with one attached hydrogen (secondary N) is 2. The molecule has 1 rings (SSSR count). The van der Waals surface area contributed by atoms with E-state index in [0.29, 0.717) is 12.2 Å². The molecule has 0 aliphatic heterocycles. The Hall–Kier alpha value is -1.71. The Morgan fingerprint density at radius 2 is 1.33 bits per heavy atom. The fourth-order valence-corrected chi connectivity index (χ4v) is 2.71. The van der Waals surface area contributed by atoms with Crippen molar-refractivity contribution in [3.05, 3.63) is 24.3 Å². The van der Waals surface area contributed by atoms with Crippen molar-refractivity contribution in [2.45, 2.75) is 77.6 Å². The molecule has 136 valence electrons. The summed E-state index contributed by atoms with van der Waals surface area (Å²) in [5.74, 6) is 0.196. The van der Waals surface area contributed by atoms with Gasteiger partial charge in [-0.05, 0) is 30.7 Å². The Bertz CT molecular complexity index is 432. The maximum absolute atomic E-state index is 11.7. The van der Waals surface area contributed by atoms with E-state index in [1.807, 2.05) is 0 Å². The van der Waals surface area contributed by atoms with Gasteiger partial charge in [0.25, 0.3) is 0 Å². The van der Waals surface area contributed by atoms with Gasteiger partial charge in [0.2, 0.25) is 0 Å². The largest absolute Gasteiger partial charge is 0.508 e. The van der Waals surface area contributed by atoms with Gasteiger partial charge in [0.05, 0.1) is 0 Å². The SMILES string of the molecule is CCCCCCCCCCCCCNC(=O)Nc1ccc(O)cc1. The number of aromatic hydroxyl groups is 1. The summed E-state index contributed by atoms with van der Waals surface area (Å²) in [6.45, 7) is 2.97. The number of rotatable bonds is 13. The normalized spacial score (nSPS) is 10.5. The van der Waals surface area contributed by atoms with Crippen molar-refractivity contribution in [2.24, 2.45) is 0 Å². The maximum Gasteiger partial charge on any atom is 0.319 e. The quantitative estimate of drug-likeness (QED) is 0.314. The van der Waals surface area contributed by atoms with Gasteiger partial charge in [-0.1, -0.05) is 71.1 Å². The lowest BCUT2D eigenvalue weighted by Gasteiger charge is -2.07. The first-order valence-corrected chi connectivity index (χ1v) is 9.56. The summed E-state index contributed by atoms with van der Waals surface area (Å²) in [7, 11) is 0. The molecule has 0 atom stereocenters. The molecule has 0 aliphatic rings. The van der Waals surface area contributed by atoms with Crippen LogP contribution in [0.25, 0.3) is 0 Å². The fourth-order valence-electron chi connectivity index (χ4n) is 2.71. The first-order chi connectivity index (χ1) is 11.7. The van der Waals surface area contributed by atoms with Crippen LogP contribution in [-0.2, 0) is 0 Å². The summed E-state index contributed by atoms with van der Waals surface area (Å²) in [5, 5.41) is 14.8. The second-order valence-electron chi connectivity index (χ2n) is 6.46. The standard InChI is InChI=1S/C20H34N2O2/c1-2-3-4-5-6-7-8-9-10-11-12-17-21-20(24)22-18-13-15-19(23)16-14-18/h13-16,23H,2-12,17H2,1H3,(H2,21,22,24). The van der Waals surface area contributed by atoms with Crippen molar-refractivity contribution < 1.29 is 9.90 Å². The van der Waals surface area contributed by atoms with Crippen LogP contribution in [0.15, 0.2) is 24.3 Å². The predicted molar refractivity (Wildman–Crippen MR) is 102 cm³/mol. The van der Waals surface area contributed by atoms with Gasteiger partial charge in [-0.2, -0.15) is 0 Å². The van der Waals surface area contributed by atoms with Crippen LogP contribution < -0.4 is 10.6 Å². The van der Waals surface area contributed by atoms with E-state index in [0.717, 1.165) is 6.42 Å². The van der Waals surface area contributed by atoms with E-state index in [2.05, 4.69) is 17.6 Å². The van der Waals surface area contributed by atoms with Gasteiger partial charge >= 0.3 is 6.03 Å². The molecule has 0 radical (unpaired) electrons. The van der Waals surface area contributed by atoms with E-state index in [-0.39, 0.29) is 11.8 Å². The number of phenolic OH excluding ortho intramolecular Hbond substituents is 1. The topological polar surface area (TPSA) is 61.4 Å². The first-order valence-electron chi connectivity index (χ1n) is 9.56. The van der Waals surface area contributed by atoms with Crippen LogP contribution in [-0.4, -0.2) is 17.7 Å². The molecule has 3 N–H and O–H groups in total. The molecule has 4 nitrogen and oxygen atoms in total. The smallest absolute Gasteiger partial charge is 0.319 e. The summed E-state index contributed by atoms with van der Waals surface area (Å²) in [6.07, 6.45) is 14.4. The average molecular weight is 335 g/mol. The molecule has 0 heterocycles. The third kappa shape index (κ3) is 10.9. The van der Waals surface area contributed by atoms with Crippen LogP contribution in [0.5, 0.6) is 5.75 Å². The molecular weight excluding hydrogens is 300 g/mol. The molecule has 0 aliphatic carbocycles. The Kier molecular flexibility index (Phi) is 11.6. The molecule has 1 aromatic carbocycles. The monoisotopic (exact) mass is 334 g/mol. The van der Waals surface area contributed by atoms with Gasteiger partial charge in [-0.25, -0.2) is 4.79 Å². The molecule has 4 heteroatoms. The Balaban J connectivity index is 1.87. The van der Waals surface area contributed by atoms with Gasteiger partial charge in [0.1, 0.15) is 5.75 Å². The third-order valence-corrected chi connectivity index (χ3v) is 4.19. The summed E-state index contributed by atoms with van der Waals surface area (Å²) < 4.78 is 0. The number of benzene rings is 1. The van der Waals surface area contributed by atoms with Gasteiger partial charge in [0.15, 0.2) is 0 Å². The molecule has 0 unspecified atom stereocenters. The van der Waals surface area contributed by atoms with E-state index in [1.165, 1.54) is 64.2 Å². The summed E-state index contributed by atoms with van der Waals surface area (Å²) in [6, 6.07) is 6.28. The van der Waals surface area contributed by atoms with Gasteiger partial charge in [-0.15, -0.1) is 0 Å². The number of phenols is 1. The number of carbonyl (C=O) groups is 1. The molecule has 0 spiro atoms. The van der Waals surface area contributed by atoms with Crippen molar-refractivity contribution in [3.8, 4) is 5.75 Å². The molecule has 0 saturated carbocycles. The number of unbranched alkanes of at least 4 members (excludes halogenated alkanes) is 10. The van der Waals surface area contributed by atoms with E-state index >= 15 is 0 Å². The van der Waals surface area contributed by atoms with Gasteiger partial charge < -0.3 is 15.7 Å². The number of amides is 2. The highest BCUT2D eigenvalue weighted by molar-refractivity contribution is 5.89. The fraction of sp³-hybridized carbons (Fsp3) is 0.650. The van der Waals surface area contributed by atoms with Gasteiger partial charge in [0, 0.05) is 12.2 Å². The highest BCUT2D eigenvalue weighted by Crippen LogP contribution is 2.13. The van der Waals surface area contributed by atoms with Crippen molar-refractivity contribution in [2.75, 3.05) is 11.9 Å². The average Bonchev–Trinajstić information content (AvgIpc) is 2.58. The molecule has 0 saturated heterocycles. The molecule has 0 bridgehead atoms. The van der Waals surface area contributed by atoms with Crippen LogP contribution in [0.4, 0.5) is 10.5 Å². The van der Waals surface area contributed by atoms with E-state index in [4.69, 9.17) is 0 Å². The lowest BCUT2D eigenvalue weighted by atomic mass is 10.1. The van der Waals surface area contributed by atoms with Crippen LogP contribution >= 0.6 is 0 Å². The van der Waals surface area contributed by atoms with E-state index < -0.39 is 0 Å². The van der Waals surface area contributed by atoms with Crippen molar-refractivity contribution in [1.29, 1.82) is 0 Å². The Morgan fingerprint density at radius 3 is 1.88 bits per heavy atom. The molecule has 24 heavy (non-hydrogen) atoms. The Morgan fingerprint density at radius 1 is 0.833 bits per heavy atom. The summed E-state index contributed by atoms with van der Waals surface area (Å²) >= 11 is 0. The lowest BCUT2D eigenvalue weighted by Crippen LogP contribution is -2.29. The third-order valence-electron chi connectivity index (χ3n) is 4.19. The second kappa shape index (κ2) is 13.7. The molecule has 1 aromatic rings. The molecule has 0 fully saturated rings. The zero-order chi connectivity index (χ0) is 17.5. The molecular formula is C20H34N2O2. The number of urea groups is 1. The van der Waals surface area contributed by atoms with Crippen molar-refractivity contribution in [1.82, 2.24) is 5.32 Å². The number of anilines is 1. The summed E-state index contributed by atoms with van der Waals surface area (Å²) in [4.78, 5) is 11.7. The zero-order valence-corrected chi connectivity index (χ0v) is 15.2. The summed E-state index contributed by atoms with van der Waals surface area (Å²) in [5.41, 5.74) is 0.684. The predicted octanol–water partition coefficient (Wildman–Crippen LogP) is 5.82. The second-order valence-corrected chi connectivity index (χ2v) is 6.46. The van der Waals surface area contributed by atoms with Gasteiger partial charge in [-0.3, -0.25) is 0 Å². The van der Waals surface area contributed by atoms with E-state index in [1.54, 1.807) is 24.3 Å². The zero-order valence-electron chi connectivity index (χ0n) is 15.2. The van der Waals surface area contributed by atoms with Crippen LogP contribution in [0.3, 0.4) is 0 Å². The highest BCUT2D eigenvalue weighted by Gasteiger charge is 2.00. The molecule has 0 aromatic heterocycles. The van der Waals surface area contributed by atoms with Crippen LogP contribution in [0.2, 0.25) is 0 Å². The molecule has 2 amide bonds. The minimum atomic E-state index is -0.187. The number of hydrogen-bond donors (Lipinski definition) is 3. The minimum Gasteiger partial charge on any atom is -0.508 e. The minimum absolute atomic E-state index is 0.187. The lowest BCUT2D eigenvalue weighted by molar-refractivity contribution is 0.252. The Labute approximate surface area is 147 Å². The number of hydrogen-bond acceptors (Lipinski definition) is 2. The number of carbonyl (C=O) groups excluding carboxylic acids is 1. The van der Waals surface area contributed by atoms with E-state index in [9.17, 15) is 9.90 Å². The maximum atomic E-state index is 11.7. The first kappa shape index (κ1) is 20.3. The highest BCUT2D eigenvalue weighted by atomic mass is 16.3. The van der Waals surface area contributed by atoms with Crippen LogP contribution in [0, 0.1) is 0 Å². The van der Waals surface area contributed by atoms with Crippen molar-refractivity contribution >= 4 is 11.7 Å².